The zero-order valence-electron chi connectivity index (χ0n) is 14.5. The lowest BCUT2D eigenvalue weighted by Gasteiger charge is -2.08. The summed E-state index contributed by atoms with van der Waals surface area (Å²) in [6, 6.07) is 6.22. The Bertz CT molecular complexity index is 1200. The second-order valence-corrected chi connectivity index (χ2v) is 7.14. The molecule has 11 heteroatoms. The second-order valence-electron chi connectivity index (χ2n) is 6.11. The average Bonchev–Trinajstić information content (AvgIpc) is 3.26. The maximum Gasteiger partial charge on any atom is 0.417 e. The largest absolute Gasteiger partial charge is 0.480 e. The van der Waals surface area contributed by atoms with Crippen LogP contribution in [0.4, 0.5) is 24.0 Å². The zero-order chi connectivity index (χ0) is 20.6. The summed E-state index contributed by atoms with van der Waals surface area (Å²) in [5.41, 5.74) is 1.41. The van der Waals surface area contributed by atoms with Gasteiger partial charge in [0, 0.05) is 24.2 Å². The standard InChI is InChI=1S/C18H12F3N5O2S/c19-18(20,21)12-3-11(5-22-6-12)10-1-2-14-15(4-10)29-17(25-14)24-13-7-23-26(8-13)9-16(27)28/h1-8H,9H2,(H,24,25)(H,27,28). The Kier molecular flexibility index (Phi) is 4.66. The summed E-state index contributed by atoms with van der Waals surface area (Å²) < 4.78 is 40.8. The maximum atomic E-state index is 12.9. The molecular formula is C18H12F3N5O2S. The first-order valence-electron chi connectivity index (χ1n) is 8.22. The SMILES string of the molecule is O=C(O)Cn1cc(Nc2nc3ccc(-c4cncc(C(F)(F)F)c4)cc3s2)cn1. The predicted molar refractivity (Wildman–Crippen MR) is 101 cm³/mol. The normalized spacial score (nSPS) is 11.7. The molecule has 0 aliphatic rings. The molecule has 7 nitrogen and oxygen atoms in total. The van der Waals surface area contributed by atoms with Crippen LogP contribution >= 0.6 is 11.3 Å². The predicted octanol–water partition coefficient (Wildman–Crippen LogP) is 4.40. The van der Waals surface area contributed by atoms with E-state index >= 15 is 0 Å². The van der Waals surface area contributed by atoms with Crippen LogP contribution in [0.5, 0.6) is 0 Å². The van der Waals surface area contributed by atoms with Crippen LogP contribution in [-0.2, 0) is 17.5 Å². The van der Waals surface area contributed by atoms with Crippen LogP contribution in [-0.4, -0.2) is 30.8 Å². The van der Waals surface area contributed by atoms with E-state index in [2.05, 4.69) is 20.4 Å². The number of hydrogen-bond donors (Lipinski definition) is 2. The molecular weight excluding hydrogens is 407 g/mol. The first-order valence-corrected chi connectivity index (χ1v) is 9.04. The first kappa shape index (κ1) is 18.9. The third-order valence-electron chi connectivity index (χ3n) is 3.97. The lowest BCUT2D eigenvalue weighted by Crippen LogP contribution is -2.08. The Balaban J connectivity index is 1.60. The molecule has 0 spiro atoms. The fraction of sp³-hybridized carbons (Fsp3) is 0.111. The number of pyridine rings is 1. The molecule has 148 valence electrons. The molecule has 0 aliphatic carbocycles. The molecule has 0 saturated carbocycles. The number of anilines is 2. The van der Waals surface area contributed by atoms with Crippen molar-refractivity contribution in [2.24, 2.45) is 0 Å². The minimum atomic E-state index is -4.46. The summed E-state index contributed by atoms with van der Waals surface area (Å²) in [6.45, 7) is -0.254. The number of nitrogens with one attached hydrogen (secondary N) is 1. The van der Waals surface area contributed by atoms with Gasteiger partial charge < -0.3 is 10.4 Å². The number of thiazole rings is 1. The summed E-state index contributed by atoms with van der Waals surface area (Å²) in [4.78, 5) is 18.8. The number of nitrogens with zero attached hydrogens (tertiary/aromatic N) is 4. The van der Waals surface area contributed by atoms with Crippen LogP contribution in [0, 0.1) is 0 Å². The van der Waals surface area contributed by atoms with Gasteiger partial charge >= 0.3 is 12.1 Å². The van der Waals surface area contributed by atoms with Gasteiger partial charge in [-0.15, -0.1) is 0 Å². The fourth-order valence-corrected chi connectivity index (χ4v) is 3.61. The molecule has 0 fully saturated rings. The lowest BCUT2D eigenvalue weighted by molar-refractivity contribution is -0.138. The Morgan fingerprint density at radius 3 is 2.76 bits per heavy atom. The van der Waals surface area contributed by atoms with E-state index in [0.717, 1.165) is 17.0 Å². The number of rotatable bonds is 5. The monoisotopic (exact) mass is 419 g/mol. The van der Waals surface area contributed by atoms with Crippen molar-refractivity contribution in [3.05, 3.63) is 54.6 Å². The Morgan fingerprint density at radius 1 is 1.17 bits per heavy atom. The Morgan fingerprint density at radius 2 is 2.00 bits per heavy atom. The smallest absolute Gasteiger partial charge is 0.417 e. The average molecular weight is 419 g/mol. The topological polar surface area (TPSA) is 92.9 Å². The number of alkyl halides is 3. The van der Waals surface area contributed by atoms with Crippen LogP contribution in [0.15, 0.2) is 49.1 Å². The summed E-state index contributed by atoms with van der Waals surface area (Å²) in [6.07, 6.45) is 0.739. The van der Waals surface area contributed by atoms with Crippen LogP contribution in [0.1, 0.15) is 5.56 Å². The fourth-order valence-electron chi connectivity index (χ4n) is 2.69. The summed E-state index contributed by atoms with van der Waals surface area (Å²) in [5, 5.41) is 16.3. The number of carboxylic acids is 1. The van der Waals surface area contributed by atoms with E-state index in [9.17, 15) is 18.0 Å². The molecule has 0 unspecified atom stereocenters. The minimum absolute atomic E-state index is 0.254. The number of aromatic nitrogens is 4. The van der Waals surface area contributed by atoms with E-state index in [1.165, 1.54) is 28.4 Å². The number of halogens is 3. The van der Waals surface area contributed by atoms with Crippen molar-refractivity contribution in [1.82, 2.24) is 19.7 Å². The maximum absolute atomic E-state index is 12.9. The van der Waals surface area contributed by atoms with Gasteiger partial charge in [-0.2, -0.15) is 18.3 Å². The minimum Gasteiger partial charge on any atom is -0.480 e. The number of fused-ring (bicyclic) bond motifs is 1. The van der Waals surface area contributed by atoms with Gasteiger partial charge in [-0.1, -0.05) is 17.4 Å². The molecule has 0 radical (unpaired) electrons. The van der Waals surface area contributed by atoms with Gasteiger partial charge in [0.2, 0.25) is 0 Å². The van der Waals surface area contributed by atoms with E-state index in [0.29, 0.717) is 27.5 Å². The number of benzene rings is 1. The molecule has 0 saturated heterocycles. The van der Waals surface area contributed by atoms with E-state index in [4.69, 9.17) is 5.11 Å². The third-order valence-corrected chi connectivity index (χ3v) is 4.90. The highest BCUT2D eigenvalue weighted by molar-refractivity contribution is 7.22. The van der Waals surface area contributed by atoms with E-state index in [-0.39, 0.29) is 6.54 Å². The van der Waals surface area contributed by atoms with Crippen LogP contribution < -0.4 is 5.32 Å². The molecule has 0 bridgehead atoms. The van der Waals surface area contributed by atoms with Gasteiger partial charge in [0.1, 0.15) is 6.54 Å². The molecule has 29 heavy (non-hydrogen) atoms. The Labute approximate surface area is 165 Å². The van der Waals surface area contributed by atoms with E-state index in [1.807, 2.05) is 0 Å². The summed E-state index contributed by atoms with van der Waals surface area (Å²) >= 11 is 1.32. The van der Waals surface area contributed by atoms with Gasteiger partial charge in [0.15, 0.2) is 5.13 Å². The molecule has 4 rings (SSSR count). The number of hydrogen-bond acceptors (Lipinski definition) is 6. The van der Waals surface area contributed by atoms with Gasteiger partial charge in [0.05, 0.1) is 27.7 Å². The molecule has 1 aromatic carbocycles. The molecule has 4 aromatic rings. The van der Waals surface area contributed by atoms with E-state index in [1.54, 1.807) is 24.4 Å². The third kappa shape index (κ3) is 4.19. The van der Waals surface area contributed by atoms with Crippen molar-refractivity contribution in [1.29, 1.82) is 0 Å². The van der Waals surface area contributed by atoms with Gasteiger partial charge in [-0.3, -0.25) is 14.5 Å². The highest BCUT2D eigenvalue weighted by atomic mass is 32.1. The van der Waals surface area contributed by atoms with Gasteiger partial charge in [0.25, 0.3) is 0 Å². The van der Waals surface area contributed by atoms with Crippen molar-refractivity contribution < 1.29 is 23.1 Å². The Hall–Kier alpha value is -3.47. The molecule has 0 atom stereocenters. The number of carboxylic acid groups (broad SMARTS) is 1. The molecule has 3 heterocycles. The van der Waals surface area contributed by atoms with Crippen LogP contribution in [0.2, 0.25) is 0 Å². The van der Waals surface area contributed by atoms with Crippen molar-refractivity contribution >= 4 is 38.3 Å². The van der Waals surface area contributed by atoms with Crippen molar-refractivity contribution in [2.75, 3.05) is 5.32 Å². The molecule has 0 amide bonds. The lowest BCUT2D eigenvalue weighted by atomic mass is 10.1. The van der Waals surface area contributed by atoms with Crippen LogP contribution in [0.3, 0.4) is 0 Å². The molecule has 2 N–H and O–H groups in total. The van der Waals surface area contributed by atoms with Crippen molar-refractivity contribution in [3.63, 3.8) is 0 Å². The number of carbonyl (C=O) groups is 1. The quantitative estimate of drug-likeness (QED) is 0.498. The van der Waals surface area contributed by atoms with E-state index < -0.39 is 17.7 Å². The highest BCUT2D eigenvalue weighted by Crippen LogP contribution is 2.34. The van der Waals surface area contributed by atoms with Gasteiger partial charge in [-0.05, 0) is 23.8 Å². The van der Waals surface area contributed by atoms with Crippen LogP contribution in [0.25, 0.3) is 21.3 Å². The zero-order valence-corrected chi connectivity index (χ0v) is 15.3. The highest BCUT2D eigenvalue weighted by Gasteiger charge is 2.31. The van der Waals surface area contributed by atoms with Gasteiger partial charge in [-0.25, -0.2) is 4.98 Å². The summed E-state index contributed by atoms with van der Waals surface area (Å²) in [5.74, 6) is -1.00. The summed E-state index contributed by atoms with van der Waals surface area (Å²) in [7, 11) is 0. The second kappa shape index (κ2) is 7.17. The number of aliphatic carboxylic acids is 1. The van der Waals surface area contributed by atoms with Crippen molar-refractivity contribution in [2.45, 2.75) is 12.7 Å². The first-order chi connectivity index (χ1) is 13.8. The molecule has 0 aliphatic heterocycles. The molecule has 3 aromatic heterocycles. The van der Waals surface area contributed by atoms with Crippen molar-refractivity contribution in [3.8, 4) is 11.1 Å².